The van der Waals surface area contributed by atoms with E-state index in [1.807, 2.05) is 0 Å². The zero-order valence-electron chi connectivity index (χ0n) is 6.04. The van der Waals surface area contributed by atoms with Crippen molar-refractivity contribution in [2.45, 2.75) is 0 Å². The van der Waals surface area contributed by atoms with Crippen molar-refractivity contribution < 1.29 is 14.3 Å². The maximum atomic E-state index is 12.6. The van der Waals surface area contributed by atoms with E-state index in [9.17, 15) is 9.18 Å². The van der Waals surface area contributed by atoms with E-state index in [4.69, 9.17) is 16.6 Å². The molecule has 0 aromatic heterocycles. The Morgan fingerprint density at radius 2 is 1.92 bits per heavy atom. The van der Waals surface area contributed by atoms with Crippen LogP contribution >= 0.6 is 0 Å². The molecule has 1 aromatic carbocycles. The number of anilines is 2. The lowest BCUT2D eigenvalue weighted by atomic mass is 10.1. The van der Waals surface area contributed by atoms with Crippen molar-refractivity contribution in [1.29, 1.82) is 0 Å². The van der Waals surface area contributed by atoms with E-state index in [0.717, 1.165) is 12.1 Å². The summed E-state index contributed by atoms with van der Waals surface area (Å²) in [7, 11) is 0. The van der Waals surface area contributed by atoms with Crippen LogP contribution in [-0.4, -0.2) is 11.1 Å². The maximum Gasteiger partial charge on any atom is 0.337 e. The molecule has 0 atom stereocenters. The Hall–Kier alpha value is -1.78. The van der Waals surface area contributed by atoms with Gasteiger partial charge in [0.05, 0.1) is 16.9 Å². The van der Waals surface area contributed by atoms with E-state index in [1.54, 1.807) is 0 Å². The Labute approximate surface area is 67.6 Å². The Morgan fingerprint density at radius 1 is 1.33 bits per heavy atom. The topological polar surface area (TPSA) is 89.3 Å². The molecular weight excluding hydrogens is 163 g/mol. The Balaban J connectivity index is 3.36. The first-order chi connectivity index (χ1) is 5.54. The number of nitrogen functional groups attached to an aromatic ring is 2. The van der Waals surface area contributed by atoms with Crippen molar-refractivity contribution in [3.63, 3.8) is 0 Å². The van der Waals surface area contributed by atoms with Crippen molar-refractivity contribution in [2.75, 3.05) is 11.5 Å². The van der Waals surface area contributed by atoms with Crippen molar-refractivity contribution >= 4 is 17.3 Å². The molecule has 1 rings (SSSR count). The van der Waals surface area contributed by atoms with Gasteiger partial charge in [0, 0.05) is 0 Å². The smallest absolute Gasteiger partial charge is 0.337 e. The highest BCUT2D eigenvalue weighted by Crippen LogP contribution is 2.22. The number of benzene rings is 1. The van der Waals surface area contributed by atoms with Crippen LogP contribution in [-0.2, 0) is 0 Å². The van der Waals surface area contributed by atoms with E-state index >= 15 is 0 Å². The van der Waals surface area contributed by atoms with Crippen LogP contribution in [0.25, 0.3) is 0 Å². The number of halogens is 1. The summed E-state index contributed by atoms with van der Waals surface area (Å²) in [5, 5.41) is 8.52. The minimum Gasteiger partial charge on any atom is -0.478 e. The highest BCUT2D eigenvalue weighted by Gasteiger charge is 2.12. The lowest BCUT2D eigenvalue weighted by Gasteiger charge is -2.04. The maximum absolute atomic E-state index is 12.6. The molecule has 1 aromatic rings. The van der Waals surface area contributed by atoms with Crippen LogP contribution < -0.4 is 11.5 Å². The van der Waals surface area contributed by atoms with E-state index < -0.39 is 11.8 Å². The second-order valence-corrected chi connectivity index (χ2v) is 2.23. The molecule has 5 N–H and O–H groups in total. The normalized spacial score (nSPS) is 9.75. The van der Waals surface area contributed by atoms with Gasteiger partial charge in [-0.15, -0.1) is 0 Å². The molecule has 0 radical (unpaired) electrons. The highest BCUT2D eigenvalue weighted by molar-refractivity contribution is 5.96. The summed E-state index contributed by atoms with van der Waals surface area (Å²) >= 11 is 0. The van der Waals surface area contributed by atoms with Crippen molar-refractivity contribution in [3.8, 4) is 0 Å². The fourth-order valence-corrected chi connectivity index (χ4v) is 0.796. The Morgan fingerprint density at radius 3 is 2.42 bits per heavy atom. The number of hydrogen-bond acceptors (Lipinski definition) is 3. The molecule has 0 amide bonds. The third kappa shape index (κ3) is 1.16. The minimum absolute atomic E-state index is 0.186. The number of carbonyl (C=O) groups is 1. The second-order valence-electron chi connectivity index (χ2n) is 2.23. The summed E-state index contributed by atoms with van der Waals surface area (Å²) in [5.41, 5.74) is 9.65. The summed E-state index contributed by atoms with van der Waals surface area (Å²) < 4.78 is 12.6. The summed E-state index contributed by atoms with van der Waals surface area (Å²) in [4.78, 5) is 10.4. The standard InChI is InChI=1S/C7H7FN2O2/c8-4-2-1-3(7(11)12)5(9)6(4)10/h1-2H,9-10H2,(H,11,12). The van der Waals surface area contributed by atoms with Crippen LogP contribution in [0.5, 0.6) is 0 Å². The first-order valence-electron chi connectivity index (χ1n) is 3.10. The number of aromatic carboxylic acids is 1. The SMILES string of the molecule is Nc1c(F)ccc(C(=O)O)c1N. The van der Waals surface area contributed by atoms with Gasteiger partial charge in [0.15, 0.2) is 0 Å². The van der Waals surface area contributed by atoms with E-state index in [1.165, 1.54) is 0 Å². The lowest BCUT2D eigenvalue weighted by molar-refractivity contribution is 0.0698. The average Bonchev–Trinajstić information content (AvgIpc) is 2.00. The minimum atomic E-state index is -1.22. The number of rotatable bonds is 1. The van der Waals surface area contributed by atoms with Gasteiger partial charge in [-0.3, -0.25) is 0 Å². The molecule has 0 aliphatic rings. The molecule has 4 nitrogen and oxygen atoms in total. The fraction of sp³-hybridized carbons (Fsp3) is 0. The third-order valence-corrected chi connectivity index (χ3v) is 1.46. The van der Waals surface area contributed by atoms with E-state index in [0.29, 0.717) is 0 Å². The highest BCUT2D eigenvalue weighted by atomic mass is 19.1. The number of carboxylic acids is 1. The molecule has 0 saturated carbocycles. The first kappa shape index (κ1) is 8.32. The van der Waals surface area contributed by atoms with Crippen LogP contribution in [0.15, 0.2) is 12.1 Å². The van der Waals surface area contributed by atoms with Crippen molar-refractivity contribution in [3.05, 3.63) is 23.5 Å². The predicted molar refractivity (Wildman–Crippen MR) is 42.2 cm³/mol. The van der Waals surface area contributed by atoms with Gasteiger partial charge in [0.25, 0.3) is 0 Å². The quantitative estimate of drug-likeness (QED) is 0.541. The summed E-state index contributed by atoms with van der Waals surface area (Å²) in [6.07, 6.45) is 0. The number of nitrogens with two attached hydrogens (primary N) is 2. The lowest BCUT2D eigenvalue weighted by Crippen LogP contribution is -2.06. The van der Waals surface area contributed by atoms with Gasteiger partial charge in [-0.05, 0) is 12.1 Å². The molecule has 0 fully saturated rings. The van der Waals surface area contributed by atoms with Crippen LogP contribution in [0.3, 0.4) is 0 Å². The van der Waals surface area contributed by atoms with Gasteiger partial charge in [0.2, 0.25) is 0 Å². The zero-order valence-corrected chi connectivity index (χ0v) is 6.04. The van der Waals surface area contributed by atoms with Crippen LogP contribution in [0, 0.1) is 5.82 Å². The molecule has 0 aliphatic carbocycles. The molecule has 0 unspecified atom stereocenters. The first-order valence-corrected chi connectivity index (χ1v) is 3.10. The second kappa shape index (κ2) is 2.69. The van der Waals surface area contributed by atoms with Crippen molar-refractivity contribution in [1.82, 2.24) is 0 Å². The van der Waals surface area contributed by atoms with Gasteiger partial charge in [-0.2, -0.15) is 0 Å². The van der Waals surface area contributed by atoms with Crippen LogP contribution in [0.4, 0.5) is 15.8 Å². The molecule has 5 heteroatoms. The van der Waals surface area contributed by atoms with Crippen molar-refractivity contribution in [2.24, 2.45) is 0 Å². The van der Waals surface area contributed by atoms with Gasteiger partial charge < -0.3 is 16.6 Å². The largest absolute Gasteiger partial charge is 0.478 e. The molecule has 0 heterocycles. The number of carboxylic acid groups (broad SMARTS) is 1. The van der Waals surface area contributed by atoms with E-state index in [-0.39, 0.29) is 16.9 Å². The molecule has 0 bridgehead atoms. The zero-order chi connectivity index (χ0) is 9.30. The summed E-state index contributed by atoms with van der Waals surface area (Å²) in [6.45, 7) is 0. The van der Waals surface area contributed by atoms with Gasteiger partial charge in [0.1, 0.15) is 5.82 Å². The molecule has 0 aliphatic heterocycles. The molecule has 0 spiro atoms. The van der Waals surface area contributed by atoms with Gasteiger partial charge in [-0.25, -0.2) is 9.18 Å². The summed E-state index contributed by atoms with van der Waals surface area (Å²) in [5.74, 6) is -1.93. The van der Waals surface area contributed by atoms with Gasteiger partial charge >= 0.3 is 5.97 Å². The molecule has 12 heavy (non-hydrogen) atoms. The van der Waals surface area contributed by atoms with Gasteiger partial charge in [-0.1, -0.05) is 0 Å². The Bertz CT molecular complexity index is 338. The fourth-order valence-electron chi connectivity index (χ4n) is 0.796. The molecule has 64 valence electrons. The average molecular weight is 170 g/mol. The van der Waals surface area contributed by atoms with Crippen LogP contribution in [0.1, 0.15) is 10.4 Å². The summed E-state index contributed by atoms with van der Waals surface area (Å²) in [6, 6.07) is 2.04. The van der Waals surface area contributed by atoms with E-state index in [2.05, 4.69) is 0 Å². The Kier molecular flexibility index (Phi) is 1.86. The monoisotopic (exact) mass is 170 g/mol. The predicted octanol–water partition coefficient (Wildman–Crippen LogP) is 0.688. The number of hydrogen-bond donors (Lipinski definition) is 3. The molecule has 0 saturated heterocycles. The van der Waals surface area contributed by atoms with Crippen LogP contribution in [0.2, 0.25) is 0 Å². The molecular formula is C7H7FN2O2. The third-order valence-electron chi connectivity index (χ3n) is 1.46.